The summed E-state index contributed by atoms with van der Waals surface area (Å²) in [6.07, 6.45) is 1.80. The van der Waals surface area contributed by atoms with E-state index in [-0.39, 0.29) is 5.02 Å². The molecule has 1 unspecified atom stereocenters. The largest absolute Gasteiger partial charge is 0.481 e. The minimum absolute atomic E-state index is 0.0449. The summed E-state index contributed by atoms with van der Waals surface area (Å²) < 4.78 is 18.4. The van der Waals surface area contributed by atoms with Gasteiger partial charge in [0.25, 0.3) is 0 Å². The lowest BCUT2D eigenvalue weighted by molar-refractivity contribution is 0.396. The molecule has 1 aromatic heterocycles. The molecular weight excluding hydrogens is 290 g/mol. The molecule has 0 saturated carbocycles. The molecule has 2 rings (SSSR count). The number of alkyl halides is 1. The zero-order valence-electron chi connectivity index (χ0n) is 10.1. The van der Waals surface area contributed by atoms with E-state index in [0.717, 1.165) is 0 Å². The number of halogens is 3. The number of hydrogen-bond acceptors (Lipinski definition) is 3. The second-order valence-corrected chi connectivity index (χ2v) is 4.77. The number of hydrogen-bond donors (Lipinski definition) is 0. The van der Waals surface area contributed by atoms with E-state index in [1.165, 1.54) is 19.5 Å². The van der Waals surface area contributed by atoms with Gasteiger partial charge in [0, 0.05) is 18.2 Å². The summed E-state index contributed by atoms with van der Waals surface area (Å²) in [4.78, 5) is 8.00. The van der Waals surface area contributed by atoms with E-state index in [4.69, 9.17) is 27.9 Å². The Balaban J connectivity index is 2.20. The fourth-order valence-corrected chi connectivity index (χ4v) is 2.31. The fraction of sp³-hybridized carbons (Fsp3) is 0.231. The molecule has 0 bridgehead atoms. The van der Waals surface area contributed by atoms with Gasteiger partial charge in [0.2, 0.25) is 5.88 Å². The van der Waals surface area contributed by atoms with Crippen LogP contribution < -0.4 is 4.74 Å². The number of benzene rings is 1. The lowest BCUT2D eigenvalue weighted by Crippen LogP contribution is -2.01. The molecular formula is C13H11Cl2FN2O. The van der Waals surface area contributed by atoms with Crippen molar-refractivity contribution >= 4 is 23.2 Å². The van der Waals surface area contributed by atoms with Crippen LogP contribution >= 0.6 is 23.2 Å². The van der Waals surface area contributed by atoms with E-state index in [9.17, 15) is 4.39 Å². The average Bonchev–Trinajstić information content (AvgIpc) is 2.42. The summed E-state index contributed by atoms with van der Waals surface area (Å²) in [5, 5.41) is -0.425. The van der Waals surface area contributed by atoms with Gasteiger partial charge in [-0.3, -0.25) is 0 Å². The molecule has 3 nitrogen and oxygen atoms in total. The maximum Gasteiger partial charge on any atom is 0.216 e. The molecule has 0 radical (unpaired) electrons. The summed E-state index contributed by atoms with van der Waals surface area (Å²) >= 11 is 12.2. The van der Waals surface area contributed by atoms with Gasteiger partial charge >= 0.3 is 0 Å². The highest BCUT2D eigenvalue weighted by atomic mass is 35.5. The van der Waals surface area contributed by atoms with Crippen LogP contribution in [0, 0.1) is 5.82 Å². The van der Waals surface area contributed by atoms with Crippen LogP contribution in [0.25, 0.3) is 0 Å². The van der Waals surface area contributed by atoms with E-state index < -0.39 is 11.2 Å². The van der Waals surface area contributed by atoms with E-state index in [0.29, 0.717) is 23.6 Å². The molecule has 0 fully saturated rings. The van der Waals surface area contributed by atoms with Crippen molar-refractivity contribution in [2.75, 3.05) is 7.11 Å². The van der Waals surface area contributed by atoms with Crippen molar-refractivity contribution in [3.63, 3.8) is 0 Å². The lowest BCUT2D eigenvalue weighted by atomic mass is 10.1. The third-order valence-electron chi connectivity index (χ3n) is 2.62. The van der Waals surface area contributed by atoms with Crippen molar-refractivity contribution in [3.05, 3.63) is 52.7 Å². The molecule has 6 heteroatoms. The van der Waals surface area contributed by atoms with Gasteiger partial charge in [-0.2, -0.15) is 0 Å². The molecule has 0 spiro atoms. The Morgan fingerprint density at radius 3 is 2.89 bits per heavy atom. The average molecular weight is 301 g/mol. The van der Waals surface area contributed by atoms with Crippen molar-refractivity contribution in [1.82, 2.24) is 9.97 Å². The highest BCUT2D eigenvalue weighted by Crippen LogP contribution is 2.32. The van der Waals surface area contributed by atoms with Gasteiger partial charge in [-0.15, -0.1) is 11.6 Å². The molecule has 0 aliphatic rings. The second kappa shape index (κ2) is 6.17. The van der Waals surface area contributed by atoms with E-state index in [2.05, 4.69) is 9.97 Å². The van der Waals surface area contributed by atoms with Crippen LogP contribution in [0.15, 0.2) is 30.6 Å². The minimum Gasteiger partial charge on any atom is -0.481 e. The fourth-order valence-electron chi connectivity index (χ4n) is 1.66. The molecule has 0 aliphatic carbocycles. The summed E-state index contributed by atoms with van der Waals surface area (Å²) in [5.41, 5.74) is 1.24. The number of rotatable bonds is 4. The Morgan fingerprint density at radius 2 is 2.16 bits per heavy atom. The maximum atomic E-state index is 13.4. The molecule has 19 heavy (non-hydrogen) atoms. The maximum absolute atomic E-state index is 13.4. The predicted octanol–water partition coefficient (Wildman–Crippen LogP) is 3.80. The molecule has 1 aromatic carbocycles. The van der Waals surface area contributed by atoms with E-state index in [1.54, 1.807) is 18.2 Å². The van der Waals surface area contributed by atoms with Gasteiger partial charge in [-0.25, -0.2) is 14.4 Å². The van der Waals surface area contributed by atoms with Crippen molar-refractivity contribution in [2.45, 2.75) is 11.8 Å². The van der Waals surface area contributed by atoms with Crippen molar-refractivity contribution in [3.8, 4) is 5.88 Å². The Hall–Kier alpha value is -1.39. The standard InChI is InChI=1S/C13H11Cl2FN2O/c1-19-12-6-8(17-7-18-12)5-10(14)9-3-2-4-11(16)13(9)15/h2-4,6-7,10H,5H2,1H3. The van der Waals surface area contributed by atoms with Gasteiger partial charge in [0.05, 0.1) is 17.5 Å². The highest BCUT2D eigenvalue weighted by molar-refractivity contribution is 6.32. The van der Waals surface area contributed by atoms with Crippen LogP contribution in [0.5, 0.6) is 5.88 Å². The Kier molecular flexibility index (Phi) is 4.56. The van der Waals surface area contributed by atoms with Gasteiger partial charge < -0.3 is 4.74 Å². The third kappa shape index (κ3) is 3.33. The smallest absolute Gasteiger partial charge is 0.216 e. The second-order valence-electron chi connectivity index (χ2n) is 3.87. The summed E-state index contributed by atoms with van der Waals surface area (Å²) in [6, 6.07) is 6.25. The zero-order chi connectivity index (χ0) is 13.8. The molecule has 0 amide bonds. The monoisotopic (exact) mass is 300 g/mol. The molecule has 0 saturated heterocycles. The Morgan fingerprint density at radius 1 is 1.37 bits per heavy atom. The first-order valence-corrected chi connectivity index (χ1v) is 6.36. The first-order chi connectivity index (χ1) is 9.11. The third-order valence-corrected chi connectivity index (χ3v) is 3.40. The van der Waals surface area contributed by atoms with Crippen LogP contribution in [-0.2, 0) is 6.42 Å². The Bertz CT molecular complexity index is 580. The van der Waals surface area contributed by atoms with Gasteiger partial charge in [-0.1, -0.05) is 23.7 Å². The van der Waals surface area contributed by atoms with Crippen LogP contribution in [-0.4, -0.2) is 17.1 Å². The van der Waals surface area contributed by atoms with Crippen LogP contribution in [0.4, 0.5) is 4.39 Å². The molecule has 100 valence electrons. The number of nitrogens with zero attached hydrogens (tertiary/aromatic N) is 2. The number of aromatic nitrogens is 2. The predicted molar refractivity (Wildman–Crippen MR) is 72.3 cm³/mol. The SMILES string of the molecule is COc1cc(CC(Cl)c2cccc(F)c2Cl)ncn1. The molecule has 1 heterocycles. The normalized spacial score (nSPS) is 12.2. The van der Waals surface area contributed by atoms with Gasteiger partial charge in [0.1, 0.15) is 12.1 Å². The van der Waals surface area contributed by atoms with Crippen molar-refractivity contribution < 1.29 is 9.13 Å². The summed E-state index contributed by atoms with van der Waals surface area (Å²) in [6.45, 7) is 0. The lowest BCUT2D eigenvalue weighted by Gasteiger charge is -2.12. The molecule has 2 aromatic rings. The van der Waals surface area contributed by atoms with Crippen LogP contribution in [0.3, 0.4) is 0 Å². The molecule has 0 N–H and O–H groups in total. The zero-order valence-corrected chi connectivity index (χ0v) is 11.6. The van der Waals surface area contributed by atoms with Gasteiger partial charge in [0.15, 0.2) is 0 Å². The quantitative estimate of drug-likeness (QED) is 0.806. The Labute approximate surface area is 120 Å². The number of methoxy groups -OCH3 is 1. The van der Waals surface area contributed by atoms with Crippen molar-refractivity contribution in [1.29, 1.82) is 0 Å². The molecule has 1 atom stereocenters. The topological polar surface area (TPSA) is 35.0 Å². The minimum atomic E-state index is -0.481. The van der Waals surface area contributed by atoms with E-state index >= 15 is 0 Å². The highest BCUT2D eigenvalue weighted by Gasteiger charge is 2.16. The van der Waals surface area contributed by atoms with E-state index in [1.807, 2.05) is 0 Å². The van der Waals surface area contributed by atoms with Crippen LogP contribution in [0.1, 0.15) is 16.6 Å². The molecule has 0 aliphatic heterocycles. The van der Waals surface area contributed by atoms with Gasteiger partial charge in [-0.05, 0) is 11.6 Å². The summed E-state index contributed by atoms with van der Waals surface area (Å²) in [7, 11) is 1.52. The van der Waals surface area contributed by atoms with Crippen LogP contribution in [0.2, 0.25) is 5.02 Å². The van der Waals surface area contributed by atoms with Crippen molar-refractivity contribution in [2.24, 2.45) is 0 Å². The first-order valence-electron chi connectivity index (χ1n) is 5.54. The summed E-state index contributed by atoms with van der Waals surface area (Å²) in [5.74, 6) is -0.0238. The first kappa shape index (κ1) is 14.0. The number of ether oxygens (including phenoxy) is 1.